The minimum atomic E-state index is -0.398. The van der Waals surface area contributed by atoms with Crippen molar-refractivity contribution in [3.63, 3.8) is 0 Å². The van der Waals surface area contributed by atoms with E-state index in [1.807, 2.05) is 6.07 Å². The van der Waals surface area contributed by atoms with Gasteiger partial charge in [-0.05, 0) is 24.6 Å². The Balaban J connectivity index is 2.40. The summed E-state index contributed by atoms with van der Waals surface area (Å²) >= 11 is 0. The van der Waals surface area contributed by atoms with Crippen molar-refractivity contribution in [3.8, 4) is 0 Å². The summed E-state index contributed by atoms with van der Waals surface area (Å²) < 4.78 is 4.72. The first-order valence-corrected chi connectivity index (χ1v) is 5.78. The third-order valence-electron chi connectivity index (χ3n) is 3.16. The van der Waals surface area contributed by atoms with Crippen molar-refractivity contribution in [1.82, 2.24) is 0 Å². The number of amides is 1. The number of ether oxygens (including phenoxy) is 1. The van der Waals surface area contributed by atoms with Gasteiger partial charge in [0.2, 0.25) is 5.91 Å². The van der Waals surface area contributed by atoms with Crippen molar-refractivity contribution in [3.05, 3.63) is 29.3 Å². The number of nitrogens with two attached hydrogens (primary N) is 1. The summed E-state index contributed by atoms with van der Waals surface area (Å²) in [5, 5.41) is 0. The van der Waals surface area contributed by atoms with E-state index < -0.39 is 5.97 Å². The highest BCUT2D eigenvalue weighted by atomic mass is 16.5. The standard InChI is InChI=1S/C13H16N2O3/c1-8-10(13(17)18-2)4-3-5-11(8)15-7-9(14)6-12(15)16/h3-5,9H,6-7,14H2,1-2H3. The van der Waals surface area contributed by atoms with E-state index in [-0.39, 0.29) is 11.9 Å². The zero-order valence-electron chi connectivity index (χ0n) is 10.5. The summed E-state index contributed by atoms with van der Waals surface area (Å²) in [7, 11) is 1.34. The molecule has 1 heterocycles. The lowest BCUT2D eigenvalue weighted by molar-refractivity contribution is -0.117. The molecule has 0 aromatic heterocycles. The molecule has 1 aromatic carbocycles. The molecule has 96 valence electrons. The molecule has 1 unspecified atom stereocenters. The summed E-state index contributed by atoms with van der Waals surface area (Å²) in [5.41, 5.74) is 7.72. The van der Waals surface area contributed by atoms with Crippen LogP contribution in [0.1, 0.15) is 22.3 Å². The zero-order valence-corrected chi connectivity index (χ0v) is 10.5. The molecule has 2 N–H and O–H groups in total. The lowest BCUT2D eigenvalue weighted by Crippen LogP contribution is -2.28. The fraction of sp³-hybridized carbons (Fsp3) is 0.385. The molecule has 0 aliphatic carbocycles. The zero-order chi connectivity index (χ0) is 13.3. The van der Waals surface area contributed by atoms with Crippen LogP contribution >= 0.6 is 0 Å². The van der Waals surface area contributed by atoms with Crippen LogP contribution in [-0.2, 0) is 9.53 Å². The highest BCUT2D eigenvalue weighted by Crippen LogP contribution is 2.27. The molecule has 0 radical (unpaired) electrons. The first-order chi connectivity index (χ1) is 8.54. The van der Waals surface area contributed by atoms with Crippen LogP contribution in [-0.4, -0.2) is 31.6 Å². The van der Waals surface area contributed by atoms with Crippen molar-refractivity contribution >= 4 is 17.6 Å². The highest BCUT2D eigenvalue weighted by molar-refractivity contribution is 5.99. The Labute approximate surface area is 106 Å². The maximum atomic E-state index is 11.8. The summed E-state index contributed by atoms with van der Waals surface area (Å²) in [4.78, 5) is 25.0. The van der Waals surface area contributed by atoms with E-state index in [0.717, 1.165) is 11.3 Å². The van der Waals surface area contributed by atoms with Crippen LogP contribution in [0.4, 0.5) is 5.69 Å². The molecule has 2 rings (SSSR count). The highest BCUT2D eigenvalue weighted by Gasteiger charge is 2.29. The second-order valence-electron chi connectivity index (χ2n) is 4.41. The molecule has 0 saturated carbocycles. The predicted molar refractivity (Wildman–Crippen MR) is 67.5 cm³/mol. The molecule has 0 bridgehead atoms. The fourth-order valence-corrected chi connectivity index (χ4v) is 2.22. The van der Waals surface area contributed by atoms with Gasteiger partial charge in [-0.1, -0.05) is 6.07 Å². The second-order valence-corrected chi connectivity index (χ2v) is 4.41. The Morgan fingerprint density at radius 3 is 2.78 bits per heavy atom. The lowest BCUT2D eigenvalue weighted by atomic mass is 10.1. The van der Waals surface area contributed by atoms with Crippen molar-refractivity contribution in [1.29, 1.82) is 0 Å². The molecule has 5 heteroatoms. The summed E-state index contributed by atoms with van der Waals surface area (Å²) in [6.45, 7) is 2.29. The van der Waals surface area contributed by atoms with E-state index in [4.69, 9.17) is 10.5 Å². The molecule has 1 aliphatic heterocycles. The largest absolute Gasteiger partial charge is 0.465 e. The molecule has 1 saturated heterocycles. The van der Waals surface area contributed by atoms with Gasteiger partial charge in [0, 0.05) is 24.7 Å². The summed E-state index contributed by atoms with van der Waals surface area (Å²) in [6.07, 6.45) is 0.349. The van der Waals surface area contributed by atoms with Crippen LogP contribution in [0.25, 0.3) is 0 Å². The molecular weight excluding hydrogens is 232 g/mol. The number of nitrogens with zero attached hydrogens (tertiary/aromatic N) is 1. The van der Waals surface area contributed by atoms with Gasteiger partial charge in [0.15, 0.2) is 0 Å². The minimum Gasteiger partial charge on any atom is -0.465 e. The number of carbonyl (C=O) groups is 2. The van der Waals surface area contributed by atoms with Crippen LogP contribution in [0.3, 0.4) is 0 Å². The maximum absolute atomic E-state index is 11.8. The number of carbonyl (C=O) groups excluding carboxylic acids is 2. The average Bonchev–Trinajstić information content (AvgIpc) is 2.68. The Hall–Kier alpha value is -1.88. The number of hydrogen-bond donors (Lipinski definition) is 1. The third-order valence-corrected chi connectivity index (χ3v) is 3.16. The van der Waals surface area contributed by atoms with Crippen molar-refractivity contribution in [2.24, 2.45) is 5.73 Å². The number of anilines is 1. The molecular formula is C13H16N2O3. The monoisotopic (exact) mass is 248 g/mol. The van der Waals surface area contributed by atoms with E-state index in [0.29, 0.717) is 18.5 Å². The van der Waals surface area contributed by atoms with Gasteiger partial charge in [-0.3, -0.25) is 4.79 Å². The van der Waals surface area contributed by atoms with Crippen LogP contribution in [0.2, 0.25) is 0 Å². The SMILES string of the molecule is COC(=O)c1cccc(N2CC(N)CC2=O)c1C. The molecule has 18 heavy (non-hydrogen) atoms. The van der Waals surface area contributed by atoms with Gasteiger partial charge < -0.3 is 15.4 Å². The van der Waals surface area contributed by atoms with Crippen LogP contribution in [0.15, 0.2) is 18.2 Å². The fourth-order valence-electron chi connectivity index (χ4n) is 2.22. The van der Waals surface area contributed by atoms with Gasteiger partial charge in [-0.15, -0.1) is 0 Å². The normalized spacial score (nSPS) is 19.2. The Morgan fingerprint density at radius 2 is 2.22 bits per heavy atom. The van der Waals surface area contributed by atoms with Gasteiger partial charge in [-0.2, -0.15) is 0 Å². The first-order valence-electron chi connectivity index (χ1n) is 5.78. The smallest absolute Gasteiger partial charge is 0.338 e. The average molecular weight is 248 g/mol. The van der Waals surface area contributed by atoms with E-state index in [1.54, 1.807) is 24.0 Å². The number of benzene rings is 1. The summed E-state index contributed by atoms with van der Waals surface area (Å²) in [6, 6.07) is 5.10. The van der Waals surface area contributed by atoms with Crippen LogP contribution in [0, 0.1) is 6.92 Å². The van der Waals surface area contributed by atoms with E-state index in [9.17, 15) is 9.59 Å². The third kappa shape index (κ3) is 2.09. The Bertz CT molecular complexity index is 499. The van der Waals surface area contributed by atoms with Gasteiger partial charge in [0.05, 0.1) is 12.7 Å². The van der Waals surface area contributed by atoms with Crippen molar-refractivity contribution < 1.29 is 14.3 Å². The summed E-state index contributed by atoms with van der Waals surface area (Å²) in [5.74, 6) is -0.405. The number of rotatable bonds is 2. The van der Waals surface area contributed by atoms with E-state index >= 15 is 0 Å². The minimum absolute atomic E-state index is 0.00684. The van der Waals surface area contributed by atoms with Crippen molar-refractivity contribution in [2.45, 2.75) is 19.4 Å². The topological polar surface area (TPSA) is 72.6 Å². The van der Waals surface area contributed by atoms with Crippen molar-refractivity contribution in [2.75, 3.05) is 18.6 Å². The Morgan fingerprint density at radius 1 is 1.50 bits per heavy atom. The molecule has 1 atom stereocenters. The van der Waals surface area contributed by atoms with Gasteiger partial charge in [0.25, 0.3) is 0 Å². The van der Waals surface area contributed by atoms with Crippen LogP contribution in [0.5, 0.6) is 0 Å². The molecule has 0 spiro atoms. The second kappa shape index (κ2) is 4.78. The van der Waals surface area contributed by atoms with E-state index in [1.165, 1.54) is 7.11 Å². The lowest BCUT2D eigenvalue weighted by Gasteiger charge is -2.20. The molecule has 1 aliphatic rings. The molecule has 1 fully saturated rings. The number of hydrogen-bond acceptors (Lipinski definition) is 4. The first kappa shape index (κ1) is 12.6. The number of methoxy groups -OCH3 is 1. The molecule has 1 amide bonds. The molecule has 5 nitrogen and oxygen atoms in total. The quantitative estimate of drug-likeness (QED) is 0.787. The van der Waals surface area contributed by atoms with Crippen LogP contribution < -0.4 is 10.6 Å². The predicted octanol–water partition coefficient (Wildman–Crippen LogP) is 0.846. The number of esters is 1. The van der Waals surface area contributed by atoms with Gasteiger partial charge in [-0.25, -0.2) is 4.79 Å². The molecule has 1 aromatic rings. The Kier molecular flexibility index (Phi) is 3.34. The van der Waals surface area contributed by atoms with Gasteiger partial charge >= 0.3 is 5.97 Å². The van der Waals surface area contributed by atoms with Gasteiger partial charge in [0.1, 0.15) is 0 Å². The maximum Gasteiger partial charge on any atom is 0.338 e. The van der Waals surface area contributed by atoms with E-state index in [2.05, 4.69) is 0 Å².